The Morgan fingerprint density at radius 3 is 2.38 bits per heavy atom. The van der Waals surface area contributed by atoms with Crippen LogP contribution >= 0.6 is 0 Å². The maximum atomic E-state index is 12.2. The zero-order valence-electron chi connectivity index (χ0n) is 12.8. The lowest BCUT2D eigenvalue weighted by atomic mass is 9.83. The summed E-state index contributed by atoms with van der Waals surface area (Å²) in [4.78, 5) is 12.1. The Hall–Kier alpha value is -1.52. The first-order valence-electron chi connectivity index (χ1n) is 6.85. The summed E-state index contributed by atoms with van der Waals surface area (Å²) in [6, 6.07) is 5.22. The van der Waals surface area contributed by atoms with Crippen LogP contribution in [0.1, 0.15) is 50.9 Å². The third-order valence-electron chi connectivity index (χ3n) is 2.88. The van der Waals surface area contributed by atoms with Crippen LogP contribution in [0.2, 0.25) is 0 Å². The minimum atomic E-state index is -4.75. The highest BCUT2D eigenvalue weighted by Crippen LogP contribution is 2.28. The first-order valence-corrected chi connectivity index (χ1v) is 6.85. The molecule has 0 fully saturated rings. The van der Waals surface area contributed by atoms with Crippen molar-refractivity contribution in [3.05, 3.63) is 29.8 Å². The van der Waals surface area contributed by atoms with Crippen molar-refractivity contribution in [1.29, 1.82) is 0 Å². The highest BCUT2D eigenvalue weighted by Gasteiger charge is 2.31. The number of hydrogen-bond donors (Lipinski definition) is 0. The highest BCUT2D eigenvalue weighted by atomic mass is 19.4. The van der Waals surface area contributed by atoms with Gasteiger partial charge in [-0.05, 0) is 29.9 Å². The Balaban J connectivity index is 2.73. The quantitative estimate of drug-likeness (QED) is 0.696. The van der Waals surface area contributed by atoms with Crippen LogP contribution in [0.5, 0.6) is 5.75 Å². The fourth-order valence-corrected chi connectivity index (χ4v) is 2.42. The molecule has 0 spiro atoms. The van der Waals surface area contributed by atoms with E-state index in [1.807, 2.05) is 6.92 Å². The molecule has 0 saturated heterocycles. The maximum absolute atomic E-state index is 12.2. The van der Waals surface area contributed by atoms with Crippen LogP contribution in [0, 0.1) is 11.3 Å². The molecule has 0 bridgehead atoms. The molecule has 0 aliphatic carbocycles. The molecule has 1 unspecified atom stereocenters. The van der Waals surface area contributed by atoms with Gasteiger partial charge in [-0.15, -0.1) is 13.2 Å². The highest BCUT2D eigenvalue weighted by molar-refractivity contribution is 5.96. The second kappa shape index (κ2) is 6.50. The van der Waals surface area contributed by atoms with E-state index in [1.54, 1.807) is 0 Å². The molecule has 0 N–H and O–H groups in total. The summed E-state index contributed by atoms with van der Waals surface area (Å²) in [5, 5.41) is 0. The van der Waals surface area contributed by atoms with Gasteiger partial charge in [0.15, 0.2) is 5.78 Å². The lowest BCUT2D eigenvalue weighted by Crippen LogP contribution is -2.17. The smallest absolute Gasteiger partial charge is 0.406 e. The van der Waals surface area contributed by atoms with Crippen LogP contribution in [0.4, 0.5) is 13.2 Å². The summed E-state index contributed by atoms with van der Waals surface area (Å²) in [7, 11) is 0. The summed E-state index contributed by atoms with van der Waals surface area (Å²) < 4.78 is 40.3. The molecule has 0 aromatic heterocycles. The number of ketones is 1. The normalized spacial score (nSPS) is 13.9. The van der Waals surface area contributed by atoms with Gasteiger partial charge in [0.25, 0.3) is 0 Å². The lowest BCUT2D eigenvalue weighted by Gasteiger charge is -2.22. The minimum Gasteiger partial charge on any atom is -0.406 e. The summed E-state index contributed by atoms with van der Waals surface area (Å²) in [6.07, 6.45) is -3.56. The molecule has 1 aromatic carbocycles. The zero-order chi connectivity index (χ0) is 16.3. The third kappa shape index (κ3) is 7.16. The number of Topliss-reactive ketones (excluding diaryl/α,β-unsaturated/α-hetero) is 1. The number of carbonyl (C=O) groups is 1. The molecule has 0 amide bonds. The average Bonchev–Trinajstić information content (AvgIpc) is 2.23. The van der Waals surface area contributed by atoms with Gasteiger partial charge in [0.2, 0.25) is 0 Å². The minimum absolute atomic E-state index is 0.112. The van der Waals surface area contributed by atoms with Gasteiger partial charge in [0.05, 0.1) is 0 Å². The predicted molar refractivity (Wildman–Crippen MR) is 75.3 cm³/mol. The Bertz CT molecular complexity index is 487. The summed E-state index contributed by atoms with van der Waals surface area (Å²) in [5.74, 6) is -0.360. The van der Waals surface area contributed by atoms with Crippen LogP contribution < -0.4 is 4.74 Å². The predicted octanol–water partition coefficient (Wildman–Crippen LogP) is 5.23. The van der Waals surface area contributed by atoms with Gasteiger partial charge in [-0.25, -0.2) is 0 Å². The molecule has 0 heterocycles. The van der Waals surface area contributed by atoms with E-state index in [0.29, 0.717) is 6.42 Å². The van der Waals surface area contributed by atoms with E-state index in [1.165, 1.54) is 18.2 Å². The van der Waals surface area contributed by atoms with Gasteiger partial charge in [-0.2, -0.15) is 0 Å². The lowest BCUT2D eigenvalue weighted by molar-refractivity contribution is -0.274. The number of benzene rings is 1. The number of hydrogen-bond acceptors (Lipinski definition) is 2. The van der Waals surface area contributed by atoms with Crippen LogP contribution in [-0.2, 0) is 0 Å². The molecular formula is C16H21F3O2. The molecule has 21 heavy (non-hydrogen) atoms. The van der Waals surface area contributed by atoms with Crippen molar-refractivity contribution in [3.63, 3.8) is 0 Å². The van der Waals surface area contributed by atoms with Crippen LogP contribution in [-0.4, -0.2) is 12.1 Å². The van der Waals surface area contributed by atoms with Crippen molar-refractivity contribution in [3.8, 4) is 5.75 Å². The maximum Gasteiger partial charge on any atom is 0.573 e. The van der Waals surface area contributed by atoms with Gasteiger partial charge in [-0.3, -0.25) is 4.79 Å². The third-order valence-corrected chi connectivity index (χ3v) is 2.88. The first kappa shape index (κ1) is 17.5. The van der Waals surface area contributed by atoms with Gasteiger partial charge in [0, 0.05) is 12.0 Å². The van der Waals surface area contributed by atoms with E-state index in [-0.39, 0.29) is 28.4 Å². The van der Waals surface area contributed by atoms with Crippen LogP contribution in [0.15, 0.2) is 24.3 Å². The number of alkyl halides is 3. The Morgan fingerprint density at radius 1 is 1.24 bits per heavy atom. The topological polar surface area (TPSA) is 26.3 Å². The van der Waals surface area contributed by atoms with E-state index >= 15 is 0 Å². The first-order chi connectivity index (χ1) is 9.46. The second-order valence-electron chi connectivity index (χ2n) is 6.57. The Kier molecular flexibility index (Phi) is 5.42. The molecule has 0 saturated carbocycles. The molecule has 0 aliphatic heterocycles. The summed E-state index contributed by atoms with van der Waals surface area (Å²) in [5.41, 5.74) is 0.360. The van der Waals surface area contributed by atoms with Gasteiger partial charge in [0.1, 0.15) is 5.75 Å². The van der Waals surface area contributed by atoms with Crippen molar-refractivity contribution in [1.82, 2.24) is 0 Å². The van der Waals surface area contributed by atoms with E-state index in [4.69, 9.17) is 0 Å². The van der Waals surface area contributed by atoms with Crippen molar-refractivity contribution >= 4 is 5.78 Å². The number of halogens is 3. The molecule has 1 aromatic rings. The molecule has 2 nitrogen and oxygen atoms in total. The average molecular weight is 302 g/mol. The van der Waals surface area contributed by atoms with Crippen LogP contribution in [0.3, 0.4) is 0 Å². The number of ether oxygens (including phenoxy) is 1. The SMILES string of the molecule is CC(CC(=O)c1cccc(OC(F)(F)F)c1)CC(C)(C)C. The Morgan fingerprint density at radius 2 is 1.86 bits per heavy atom. The molecule has 1 atom stereocenters. The van der Waals surface area contributed by atoms with E-state index in [9.17, 15) is 18.0 Å². The number of carbonyl (C=O) groups excluding carboxylic acids is 1. The van der Waals surface area contributed by atoms with Gasteiger partial charge < -0.3 is 4.74 Å². The molecule has 0 aliphatic rings. The van der Waals surface area contributed by atoms with Crippen molar-refractivity contribution in [2.45, 2.75) is 46.9 Å². The van der Waals surface area contributed by atoms with Crippen LogP contribution in [0.25, 0.3) is 0 Å². The van der Waals surface area contributed by atoms with Gasteiger partial charge >= 0.3 is 6.36 Å². The fourth-order valence-electron chi connectivity index (χ4n) is 2.42. The Labute approximate surface area is 123 Å². The second-order valence-corrected chi connectivity index (χ2v) is 6.57. The number of rotatable bonds is 5. The molecule has 0 radical (unpaired) electrons. The molecular weight excluding hydrogens is 281 g/mol. The van der Waals surface area contributed by atoms with E-state index < -0.39 is 6.36 Å². The summed E-state index contributed by atoms with van der Waals surface area (Å²) in [6.45, 7) is 8.24. The molecule has 1 rings (SSSR count). The van der Waals surface area contributed by atoms with Gasteiger partial charge in [-0.1, -0.05) is 39.8 Å². The van der Waals surface area contributed by atoms with E-state index in [0.717, 1.165) is 12.5 Å². The molecule has 118 valence electrons. The largest absolute Gasteiger partial charge is 0.573 e. The monoisotopic (exact) mass is 302 g/mol. The standard InChI is InChI=1S/C16H21F3O2/c1-11(10-15(2,3)4)8-14(20)12-6-5-7-13(9-12)21-16(17,18)19/h5-7,9,11H,8,10H2,1-4H3. The van der Waals surface area contributed by atoms with E-state index in [2.05, 4.69) is 25.5 Å². The van der Waals surface area contributed by atoms with Crippen molar-refractivity contribution in [2.24, 2.45) is 11.3 Å². The van der Waals surface area contributed by atoms with Crippen molar-refractivity contribution < 1.29 is 22.7 Å². The fraction of sp³-hybridized carbons (Fsp3) is 0.562. The zero-order valence-corrected chi connectivity index (χ0v) is 12.8. The molecule has 5 heteroatoms. The summed E-state index contributed by atoms with van der Waals surface area (Å²) >= 11 is 0. The van der Waals surface area contributed by atoms with Crippen molar-refractivity contribution in [2.75, 3.05) is 0 Å².